The first-order valence-corrected chi connectivity index (χ1v) is 7.38. The van der Waals surface area contributed by atoms with Gasteiger partial charge in [-0.2, -0.15) is 0 Å². The maximum absolute atomic E-state index is 12.3. The normalized spacial score (nSPS) is 19.9. The third-order valence-electron chi connectivity index (χ3n) is 3.74. The van der Waals surface area contributed by atoms with Crippen molar-refractivity contribution >= 4 is 11.6 Å². The second kappa shape index (κ2) is 6.56. The van der Waals surface area contributed by atoms with E-state index >= 15 is 0 Å². The van der Waals surface area contributed by atoms with Crippen molar-refractivity contribution in [2.75, 3.05) is 13.2 Å². The van der Waals surface area contributed by atoms with Gasteiger partial charge in [0, 0.05) is 31.4 Å². The van der Waals surface area contributed by atoms with E-state index in [1.165, 1.54) is 0 Å². The van der Waals surface area contributed by atoms with Crippen LogP contribution in [0.15, 0.2) is 48.1 Å². The monoisotopic (exact) mass is 299 g/mol. The van der Waals surface area contributed by atoms with Crippen molar-refractivity contribution in [3.63, 3.8) is 0 Å². The molecule has 5 heteroatoms. The first-order valence-electron chi connectivity index (χ1n) is 7.38. The number of hydrogen-bond donors (Lipinski definition) is 0. The van der Waals surface area contributed by atoms with Gasteiger partial charge in [-0.15, -0.1) is 0 Å². The molecule has 0 saturated heterocycles. The molecule has 1 aromatic rings. The van der Waals surface area contributed by atoms with Gasteiger partial charge in [0.15, 0.2) is 11.5 Å². The minimum atomic E-state index is -0.239. The quantitative estimate of drug-likeness (QED) is 0.781. The second-order valence-corrected chi connectivity index (χ2v) is 5.26. The molecule has 0 spiro atoms. The van der Waals surface area contributed by atoms with Gasteiger partial charge in [-0.25, -0.2) is 0 Å². The summed E-state index contributed by atoms with van der Waals surface area (Å²) >= 11 is 0. The Morgan fingerprint density at radius 1 is 1.18 bits per heavy atom. The highest BCUT2D eigenvalue weighted by Crippen LogP contribution is 2.29. The number of pyridine rings is 1. The molecular weight excluding hydrogens is 282 g/mol. The molecule has 0 radical (unpaired) electrons. The zero-order chi connectivity index (χ0) is 15.4. The van der Waals surface area contributed by atoms with Crippen LogP contribution in [0.25, 0.3) is 0 Å². The van der Waals surface area contributed by atoms with Crippen LogP contribution in [0.3, 0.4) is 0 Å². The lowest BCUT2D eigenvalue weighted by atomic mass is 9.91. The van der Waals surface area contributed by atoms with E-state index in [0.717, 1.165) is 11.5 Å². The molecule has 1 aromatic heterocycles. The molecule has 3 rings (SSSR count). The average Bonchev–Trinajstić information content (AvgIpc) is 2.59. The van der Waals surface area contributed by atoms with E-state index in [9.17, 15) is 9.59 Å². The van der Waals surface area contributed by atoms with Crippen molar-refractivity contribution < 1.29 is 19.1 Å². The average molecular weight is 299 g/mol. The molecule has 0 amide bonds. The Balaban J connectivity index is 1.54. The Kier molecular flexibility index (Phi) is 4.32. The maximum Gasteiger partial charge on any atom is 0.181 e. The summed E-state index contributed by atoms with van der Waals surface area (Å²) in [5, 5.41) is 0. The molecule has 1 unspecified atom stereocenters. The Morgan fingerprint density at radius 2 is 2.05 bits per heavy atom. The van der Waals surface area contributed by atoms with Gasteiger partial charge in [0.2, 0.25) is 0 Å². The standard InChI is InChI=1S/C17H17NO4/c19-14(5-6-15(20)13-3-1-2-8-18-13)12-4-7-16-17(11-12)22-10-9-21-16/h1-4,7-8,12H,5-6,9-11H2. The molecule has 1 aliphatic heterocycles. The van der Waals surface area contributed by atoms with Crippen molar-refractivity contribution in [3.05, 3.63) is 53.8 Å². The maximum atomic E-state index is 12.3. The van der Waals surface area contributed by atoms with Gasteiger partial charge >= 0.3 is 0 Å². The molecule has 22 heavy (non-hydrogen) atoms. The number of carbonyl (C=O) groups is 2. The van der Waals surface area contributed by atoms with Crippen LogP contribution in [0, 0.1) is 5.92 Å². The molecule has 0 aromatic carbocycles. The molecule has 1 aliphatic carbocycles. The van der Waals surface area contributed by atoms with Crippen LogP contribution in [-0.2, 0) is 14.3 Å². The van der Waals surface area contributed by atoms with E-state index in [-0.39, 0.29) is 30.3 Å². The van der Waals surface area contributed by atoms with Crippen molar-refractivity contribution in [2.24, 2.45) is 5.92 Å². The summed E-state index contributed by atoms with van der Waals surface area (Å²) in [6, 6.07) is 5.18. The summed E-state index contributed by atoms with van der Waals surface area (Å²) in [4.78, 5) is 28.2. The van der Waals surface area contributed by atoms with Crippen LogP contribution in [0.5, 0.6) is 0 Å². The van der Waals surface area contributed by atoms with E-state index in [2.05, 4.69) is 4.98 Å². The summed E-state index contributed by atoms with van der Waals surface area (Å²) in [6.07, 6.45) is 6.12. The topological polar surface area (TPSA) is 65.5 Å². The lowest BCUT2D eigenvalue weighted by Gasteiger charge is -2.25. The van der Waals surface area contributed by atoms with Gasteiger partial charge in [-0.05, 0) is 18.2 Å². The number of ketones is 2. The summed E-state index contributed by atoms with van der Waals surface area (Å²) in [5.41, 5.74) is 0.406. The predicted octanol–water partition coefficient (Wildman–Crippen LogP) is 2.45. The van der Waals surface area contributed by atoms with Gasteiger partial charge in [-0.3, -0.25) is 14.6 Å². The first kappa shape index (κ1) is 14.5. The van der Waals surface area contributed by atoms with Crippen LogP contribution < -0.4 is 0 Å². The van der Waals surface area contributed by atoms with E-state index in [1.807, 2.05) is 6.08 Å². The van der Waals surface area contributed by atoms with Gasteiger partial charge < -0.3 is 9.47 Å². The number of ether oxygens (including phenoxy) is 2. The number of Topliss-reactive ketones (excluding diaryl/α,β-unsaturated/α-hetero) is 2. The molecule has 2 aliphatic rings. The summed E-state index contributed by atoms with van der Waals surface area (Å²) in [5.74, 6) is 1.16. The van der Waals surface area contributed by atoms with Crippen molar-refractivity contribution in [1.82, 2.24) is 4.98 Å². The highest BCUT2D eigenvalue weighted by Gasteiger charge is 2.26. The molecule has 1 atom stereocenters. The molecular formula is C17H17NO4. The van der Waals surface area contributed by atoms with Crippen LogP contribution in [0.1, 0.15) is 29.8 Å². The van der Waals surface area contributed by atoms with Crippen LogP contribution in [-0.4, -0.2) is 29.8 Å². The lowest BCUT2D eigenvalue weighted by molar-refractivity contribution is -0.121. The van der Waals surface area contributed by atoms with Gasteiger partial charge in [-0.1, -0.05) is 12.1 Å². The fourth-order valence-electron chi connectivity index (χ4n) is 2.54. The number of allylic oxidation sites excluding steroid dienone is 3. The fourth-order valence-corrected chi connectivity index (χ4v) is 2.54. The highest BCUT2D eigenvalue weighted by molar-refractivity contribution is 5.97. The van der Waals surface area contributed by atoms with E-state index in [1.54, 1.807) is 30.5 Å². The molecule has 0 N–H and O–H groups in total. The third kappa shape index (κ3) is 3.24. The van der Waals surface area contributed by atoms with Gasteiger partial charge in [0.25, 0.3) is 0 Å². The fraction of sp³-hybridized carbons (Fsp3) is 0.353. The van der Waals surface area contributed by atoms with E-state index in [0.29, 0.717) is 25.3 Å². The van der Waals surface area contributed by atoms with E-state index < -0.39 is 0 Å². The second-order valence-electron chi connectivity index (χ2n) is 5.26. The highest BCUT2D eigenvalue weighted by atomic mass is 16.6. The van der Waals surface area contributed by atoms with E-state index in [4.69, 9.17) is 9.47 Å². The summed E-state index contributed by atoms with van der Waals surface area (Å²) in [7, 11) is 0. The van der Waals surface area contributed by atoms with Crippen molar-refractivity contribution in [2.45, 2.75) is 19.3 Å². The number of aromatic nitrogens is 1. The first-order chi connectivity index (χ1) is 10.7. The Morgan fingerprint density at radius 3 is 2.86 bits per heavy atom. The van der Waals surface area contributed by atoms with Crippen LogP contribution >= 0.6 is 0 Å². The minimum Gasteiger partial charge on any atom is -0.490 e. The number of rotatable bonds is 5. The Bertz CT molecular complexity index is 633. The molecule has 114 valence electrons. The lowest BCUT2D eigenvalue weighted by Crippen LogP contribution is -2.22. The van der Waals surface area contributed by atoms with Gasteiger partial charge in [0.1, 0.15) is 30.5 Å². The van der Waals surface area contributed by atoms with Crippen molar-refractivity contribution in [1.29, 1.82) is 0 Å². The predicted molar refractivity (Wildman–Crippen MR) is 79.0 cm³/mol. The smallest absolute Gasteiger partial charge is 0.181 e. The zero-order valence-corrected chi connectivity index (χ0v) is 12.2. The van der Waals surface area contributed by atoms with Crippen LogP contribution in [0.2, 0.25) is 0 Å². The number of nitrogens with zero attached hydrogens (tertiary/aromatic N) is 1. The Labute approximate surface area is 128 Å². The van der Waals surface area contributed by atoms with Crippen LogP contribution in [0.4, 0.5) is 0 Å². The molecule has 0 fully saturated rings. The Hall–Kier alpha value is -2.43. The third-order valence-corrected chi connectivity index (χ3v) is 3.74. The van der Waals surface area contributed by atoms with Crippen molar-refractivity contribution in [3.8, 4) is 0 Å². The molecule has 2 heterocycles. The minimum absolute atomic E-state index is 0.0428. The number of hydrogen-bond acceptors (Lipinski definition) is 5. The molecule has 5 nitrogen and oxygen atoms in total. The molecule has 0 saturated carbocycles. The number of carbonyl (C=O) groups excluding carboxylic acids is 2. The summed E-state index contributed by atoms with van der Waals surface area (Å²) in [6.45, 7) is 1.06. The largest absolute Gasteiger partial charge is 0.490 e. The zero-order valence-electron chi connectivity index (χ0n) is 12.2. The summed E-state index contributed by atoms with van der Waals surface area (Å²) < 4.78 is 11.0. The SMILES string of the molecule is O=C(CCC(=O)C1C=CC2=C(C1)OCCO2)c1ccccn1. The van der Waals surface area contributed by atoms with Gasteiger partial charge in [0.05, 0.1) is 0 Å². The molecule has 0 bridgehead atoms.